The highest BCUT2D eigenvalue weighted by Gasteiger charge is 2.27. The topological polar surface area (TPSA) is 128 Å². The van der Waals surface area contributed by atoms with Crippen LogP contribution in [0.2, 0.25) is 0 Å². The molecule has 57 heavy (non-hydrogen) atoms. The van der Waals surface area contributed by atoms with E-state index in [1.165, 1.54) is 0 Å². The van der Waals surface area contributed by atoms with Gasteiger partial charge in [-0.25, -0.2) is 9.67 Å². The molecule has 0 radical (unpaired) electrons. The predicted molar refractivity (Wildman–Crippen MR) is 220 cm³/mol. The molecule has 294 valence electrons. The summed E-state index contributed by atoms with van der Waals surface area (Å²) in [5, 5.41) is 13.1. The smallest absolute Gasteiger partial charge is 0.318 e. The Balaban J connectivity index is 0.997. The first kappa shape index (κ1) is 39.0. The van der Waals surface area contributed by atoms with Crippen molar-refractivity contribution in [3.05, 3.63) is 124 Å². The van der Waals surface area contributed by atoms with Crippen LogP contribution in [-0.4, -0.2) is 94.6 Å². The second-order valence-electron chi connectivity index (χ2n) is 13.9. The van der Waals surface area contributed by atoms with Gasteiger partial charge in [0.1, 0.15) is 11.5 Å². The molecule has 6 aromatic rings. The van der Waals surface area contributed by atoms with Crippen LogP contribution < -0.4 is 19.1 Å². The van der Waals surface area contributed by atoms with Crippen LogP contribution in [0.1, 0.15) is 56.3 Å². The Hall–Kier alpha value is -6.28. The molecule has 0 aliphatic carbocycles. The number of amides is 2. The van der Waals surface area contributed by atoms with Crippen molar-refractivity contribution in [1.82, 2.24) is 34.8 Å². The monoisotopic (exact) mass is 786 g/mol. The van der Waals surface area contributed by atoms with Crippen LogP contribution in [0.4, 0.5) is 11.5 Å². The lowest BCUT2D eigenvalue weighted by Gasteiger charge is -2.32. The molecule has 3 aromatic heterocycles. The molecule has 1 saturated heterocycles. The van der Waals surface area contributed by atoms with Gasteiger partial charge in [0, 0.05) is 61.8 Å². The lowest BCUT2D eigenvalue weighted by atomic mass is 10.0. The van der Waals surface area contributed by atoms with Crippen molar-refractivity contribution < 1.29 is 23.8 Å². The summed E-state index contributed by atoms with van der Waals surface area (Å²) in [4.78, 5) is 42.2. The number of hydrogen-bond acceptors (Lipinski definition) is 11. The van der Waals surface area contributed by atoms with E-state index in [0.717, 1.165) is 46.5 Å². The third-order valence-corrected chi connectivity index (χ3v) is 11.1. The van der Waals surface area contributed by atoms with Crippen molar-refractivity contribution >= 4 is 34.7 Å². The maximum Gasteiger partial charge on any atom is 0.318 e. The SMILES string of the molecule is COc1nccc(N(C)c2ccc(C)c(-c3cn(C4CCN(C(=O)c5cccc(C(=O)N(CCc6ccc(OC)c(OC)c6)Cc6ccsc6)c5)CC4)nn3)c2)n1. The van der Waals surface area contributed by atoms with Gasteiger partial charge < -0.3 is 28.9 Å². The van der Waals surface area contributed by atoms with Crippen LogP contribution in [-0.2, 0) is 13.0 Å². The van der Waals surface area contributed by atoms with Gasteiger partial charge in [-0.05, 0) is 108 Å². The van der Waals surface area contributed by atoms with Crippen molar-refractivity contribution in [2.24, 2.45) is 0 Å². The molecule has 0 atom stereocenters. The Labute approximate surface area is 336 Å². The molecule has 3 aromatic carbocycles. The molecule has 0 saturated carbocycles. The Morgan fingerprint density at radius 3 is 2.46 bits per heavy atom. The minimum atomic E-state index is -0.126. The third-order valence-electron chi connectivity index (χ3n) is 10.4. The maximum absolute atomic E-state index is 14.1. The highest BCUT2D eigenvalue weighted by Crippen LogP contribution is 2.32. The Kier molecular flexibility index (Phi) is 12.1. The summed E-state index contributed by atoms with van der Waals surface area (Å²) >= 11 is 1.60. The number of methoxy groups -OCH3 is 3. The zero-order chi connectivity index (χ0) is 39.9. The molecule has 1 aliphatic rings. The standard InChI is InChI=1S/C43H46N8O5S/c1-29-9-11-35(48(2)40-13-18-44-43(45-40)56-5)25-36(29)37-27-51(47-46-37)34-15-20-49(21-16-34)41(52)32-7-6-8-33(24-32)42(53)50(26-31-17-22-57-28-31)19-14-30-10-12-38(54-3)39(23-30)55-4/h6-13,17-18,22-25,27-28,34H,14-16,19-21,26H2,1-5H3. The Morgan fingerprint density at radius 1 is 0.895 bits per heavy atom. The van der Waals surface area contributed by atoms with Gasteiger partial charge in [-0.1, -0.05) is 23.4 Å². The van der Waals surface area contributed by atoms with Crippen molar-refractivity contribution in [1.29, 1.82) is 0 Å². The summed E-state index contributed by atoms with van der Waals surface area (Å²) in [5.74, 6) is 1.80. The van der Waals surface area contributed by atoms with Crippen LogP contribution in [0.3, 0.4) is 0 Å². The van der Waals surface area contributed by atoms with Crippen molar-refractivity contribution in [2.45, 2.75) is 38.8 Å². The number of anilines is 2. The number of nitrogens with zero attached hydrogens (tertiary/aromatic N) is 8. The van der Waals surface area contributed by atoms with Crippen LogP contribution in [0, 0.1) is 6.92 Å². The molecule has 0 unspecified atom stereocenters. The summed E-state index contributed by atoms with van der Waals surface area (Å²) in [5.41, 5.74) is 6.84. The van der Waals surface area contributed by atoms with Gasteiger partial charge in [0.25, 0.3) is 11.8 Å². The molecule has 0 bridgehead atoms. The van der Waals surface area contributed by atoms with Gasteiger partial charge in [-0.15, -0.1) is 5.10 Å². The summed E-state index contributed by atoms with van der Waals surface area (Å²) in [6, 6.07) is 23.3. The second-order valence-corrected chi connectivity index (χ2v) is 14.7. The second kappa shape index (κ2) is 17.7. The van der Waals surface area contributed by atoms with Crippen molar-refractivity contribution in [3.63, 3.8) is 0 Å². The lowest BCUT2D eigenvalue weighted by molar-refractivity contribution is 0.0689. The maximum atomic E-state index is 14.1. The van der Waals surface area contributed by atoms with Crippen LogP contribution in [0.5, 0.6) is 17.5 Å². The van der Waals surface area contributed by atoms with Gasteiger partial charge in [0.15, 0.2) is 11.5 Å². The molecule has 14 heteroatoms. The fraction of sp³-hybridized carbons (Fsp3) is 0.302. The summed E-state index contributed by atoms with van der Waals surface area (Å²) in [6.07, 6.45) is 5.75. The average molecular weight is 787 g/mol. The first-order chi connectivity index (χ1) is 27.7. The molecular formula is C43H46N8O5S. The van der Waals surface area contributed by atoms with E-state index < -0.39 is 0 Å². The number of rotatable bonds is 14. The van der Waals surface area contributed by atoms with Gasteiger partial charge in [0.05, 0.1) is 33.6 Å². The van der Waals surface area contributed by atoms with Crippen LogP contribution in [0.15, 0.2) is 96.0 Å². The van der Waals surface area contributed by atoms with E-state index in [4.69, 9.17) is 14.2 Å². The molecule has 1 fully saturated rings. The minimum Gasteiger partial charge on any atom is -0.493 e. The van der Waals surface area contributed by atoms with Crippen LogP contribution in [0.25, 0.3) is 11.3 Å². The van der Waals surface area contributed by atoms with Gasteiger partial charge in [-0.3, -0.25) is 9.59 Å². The number of carbonyl (C=O) groups is 2. The largest absolute Gasteiger partial charge is 0.493 e. The number of carbonyl (C=O) groups excluding carboxylic acids is 2. The molecule has 1 aliphatic heterocycles. The Morgan fingerprint density at radius 2 is 1.70 bits per heavy atom. The van der Waals surface area contributed by atoms with E-state index in [0.29, 0.717) is 67.1 Å². The normalized spacial score (nSPS) is 13.0. The number of likely N-dealkylation sites (tertiary alicyclic amines) is 1. The van der Waals surface area contributed by atoms with E-state index in [1.54, 1.807) is 63.1 Å². The first-order valence-corrected chi connectivity index (χ1v) is 19.7. The fourth-order valence-electron chi connectivity index (χ4n) is 7.06. The molecule has 0 N–H and O–H groups in total. The van der Waals surface area contributed by atoms with E-state index >= 15 is 0 Å². The number of aryl methyl sites for hydroxylation is 1. The minimum absolute atomic E-state index is 0.0880. The zero-order valence-electron chi connectivity index (χ0n) is 32.8. The van der Waals surface area contributed by atoms with E-state index in [2.05, 4.69) is 44.7 Å². The van der Waals surface area contributed by atoms with Crippen LogP contribution >= 0.6 is 11.3 Å². The van der Waals surface area contributed by atoms with Crippen molar-refractivity contribution in [3.8, 4) is 28.8 Å². The van der Waals surface area contributed by atoms with Gasteiger partial charge >= 0.3 is 6.01 Å². The fourth-order valence-corrected chi connectivity index (χ4v) is 7.72. The molecule has 2 amide bonds. The van der Waals surface area contributed by atoms with Gasteiger partial charge in [-0.2, -0.15) is 16.3 Å². The number of benzene rings is 3. The molecular weight excluding hydrogens is 741 g/mol. The van der Waals surface area contributed by atoms with Crippen molar-refractivity contribution in [2.75, 3.05) is 52.9 Å². The summed E-state index contributed by atoms with van der Waals surface area (Å²) in [6.45, 7) is 4.13. The molecule has 0 spiro atoms. The molecule has 4 heterocycles. The number of aromatic nitrogens is 5. The van der Waals surface area contributed by atoms with Gasteiger partial charge in [0.2, 0.25) is 0 Å². The molecule has 13 nitrogen and oxygen atoms in total. The quantitative estimate of drug-likeness (QED) is 0.111. The van der Waals surface area contributed by atoms with E-state index in [-0.39, 0.29) is 17.9 Å². The summed E-state index contributed by atoms with van der Waals surface area (Å²) < 4.78 is 18.0. The lowest BCUT2D eigenvalue weighted by Crippen LogP contribution is -2.39. The summed E-state index contributed by atoms with van der Waals surface area (Å²) in [7, 11) is 6.71. The molecule has 7 rings (SSSR count). The first-order valence-electron chi connectivity index (χ1n) is 18.8. The number of ether oxygens (including phenoxy) is 3. The zero-order valence-corrected chi connectivity index (χ0v) is 33.6. The Bertz CT molecular complexity index is 2320. The third kappa shape index (κ3) is 8.91. The van der Waals surface area contributed by atoms with E-state index in [1.807, 2.05) is 74.4 Å². The highest BCUT2D eigenvalue weighted by atomic mass is 32.1. The number of hydrogen-bond donors (Lipinski definition) is 0. The highest BCUT2D eigenvalue weighted by molar-refractivity contribution is 7.07. The number of piperidine rings is 1. The average Bonchev–Trinajstić information content (AvgIpc) is 3.98. The number of thiophene rings is 1. The van der Waals surface area contributed by atoms with E-state index in [9.17, 15) is 9.59 Å². The predicted octanol–water partition coefficient (Wildman–Crippen LogP) is 7.26.